The van der Waals surface area contributed by atoms with Gasteiger partial charge in [-0.3, -0.25) is 0 Å². The average molecular weight is 172 g/mol. The quantitative estimate of drug-likeness (QED) is 0.673. The Morgan fingerprint density at radius 2 is 1.92 bits per heavy atom. The molecule has 3 nitrogen and oxygen atoms in total. The van der Waals surface area contributed by atoms with Crippen molar-refractivity contribution in [3.05, 3.63) is 0 Å². The summed E-state index contributed by atoms with van der Waals surface area (Å²) < 4.78 is 10.7. The first-order chi connectivity index (χ1) is 5.86. The minimum absolute atomic E-state index is 0.0391. The molecule has 0 aromatic carbocycles. The SMILES string of the molecule is O[C@@H]1CCC[C@H]1CC1OCCO1. The van der Waals surface area contributed by atoms with Crippen LogP contribution in [0.25, 0.3) is 0 Å². The van der Waals surface area contributed by atoms with Crippen LogP contribution in [0.2, 0.25) is 0 Å². The van der Waals surface area contributed by atoms with E-state index in [0.717, 1.165) is 25.7 Å². The van der Waals surface area contributed by atoms with Crippen LogP contribution < -0.4 is 0 Å². The lowest BCUT2D eigenvalue weighted by Crippen LogP contribution is -2.20. The third-order valence-corrected chi connectivity index (χ3v) is 2.80. The number of hydrogen-bond donors (Lipinski definition) is 1. The summed E-state index contributed by atoms with van der Waals surface area (Å²) in [7, 11) is 0. The van der Waals surface area contributed by atoms with E-state index >= 15 is 0 Å². The monoisotopic (exact) mass is 172 g/mol. The van der Waals surface area contributed by atoms with E-state index in [-0.39, 0.29) is 12.4 Å². The third-order valence-electron chi connectivity index (χ3n) is 2.80. The first-order valence-corrected chi connectivity index (χ1v) is 4.77. The second-order valence-electron chi connectivity index (χ2n) is 3.67. The lowest BCUT2D eigenvalue weighted by Gasteiger charge is -2.17. The standard InChI is InChI=1S/C9H16O3/c10-8-3-1-2-7(8)6-9-11-4-5-12-9/h7-10H,1-6H2/t7-,8+/m0/s1. The van der Waals surface area contributed by atoms with Gasteiger partial charge in [-0.1, -0.05) is 6.42 Å². The molecule has 0 radical (unpaired) electrons. The fraction of sp³-hybridized carbons (Fsp3) is 1.00. The van der Waals surface area contributed by atoms with Crippen molar-refractivity contribution in [3.8, 4) is 0 Å². The van der Waals surface area contributed by atoms with E-state index in [9.17, 15) is 5.11 Å². The zero-order valence-corrected chi connectivity index (χ0v) is 7.24. The molecule has 2 aliphatic rings. The van der Waals surface area contributed by atoms with Gasteiger partial charge in [0, 0.05) is 6.42 Å². The van der Waals surface area contributed by atoms with E-state index in [0.29, 0.717) is 19.1 Å². The van der Waals surface area contributed by atoms with E-state index in [4.69, 9.17) is 9.47 Å². The molecular formula is C9H16O3. The Morgan fingerprint density at radius 3 is 2.50 bits per heavy atom. The molecule has 0 aromatic heterocycles. The lowest BCUT2D eigenvalue weighted by molar-refractivity contribution is -0.0658. The van der Waals surface area contributed by atoms with Crippen LogP contribution in [0.1, 0.15) is 25.7 Å². The molecule has 2 rings (SSSR count). The van der Waals surface area contributed by atoms with E-state index in [2.05, 4.69) is 0 Å². The fourth-order valence-corrected chi connectivity index (χ4v) is 2.08. The Labute approximate surface area is 72.7 Å². The molecule has 0 bridgehead atoms. The fourth-order valence-electron chi connectivity index (χ4n) is 2.08. The number of aliphatic hydroxyl groups is 1. The Bertz CT molecular complexity index is 143. The summed E-state index contributed by atoms with van der Waals surface area (Å²) >= 11 is 0. The van der Waals surface area contributed by atoms with E-state index in [1.165, 1.54) is 0 Å². The summed E-state index contributed by atoms with van der Waals surface area (Å²) in [6.45, 7) is 1.43. The van der Waals surface area contributed by atoms with Gasteiger partial charge >= 0.3 is 0 Å². The van der Waals surface area contributed by atoms with E-state index < -0.39 is 0 Å². The topological polar surface area (TPSA) is 38.7 Å². The highest BCUT2D eigenvalue weighted by Crippen LogP contribution is 2.30. The molecule has 70 valence electrons. The van der Waals surface area contributed by atoms with Crippen LogP contribution in [0.5, 0.6) is 0 Å². The minimum atomic E-state index is -0.113. The maximum atomic E-state index is 9.54. The summed E-state index contributed by atoms with van der Waals surface area (Å²) in [4.78, 5) is 0. The molecule has 1 aliphatic heterocycles. The molecule has 0 aromatic rings. The molecule has 1 aliphatic carbocycles. The van der Waals surface area contributed by atoms with E-state index in [1.807, 2.05) is 0 Å². The summed E-state index contributed by atoms with van der Waals surface area (Å²) in [6, 6.07) is 0. The molecule has 1 saturated heterocycles. The molecule has 3 heteroatoms. The van der Waals surface area contributed by atoms with Gasteiger partial charge < -0.3 is 14.6 Å². The van der Waals surface area contributed by atoms with Crippen LogP contribution in [-0.2, 0) is 9.47 Å². The van der Waals surface area contributed by atoms with Gasteiger partial charge in [0.1, 0.15) is 0 Å². The lowest BCUT2D eigenvalue weighted by atomic mass is 10.0. The maximum Gasteiger partial charge on any atom is 0.158 e. The van der Waals surface area contributed by atoms with Crippen LogP contribution in [0.4, 0.5) is 0 Å². The van der Waals surface area contributed by atoms with Crippen LogP contribution in [-0.4, -0.2) is 30.7 Å². The highest BCUT2D eigenvalue weighted by Gasteiger charge is 2.29. The van der Waals surface area contributed by atoms with Gasteiger partial charge in [0.25, 0.3) is 0 Å². The molecule has 1 saturated carbocycles. The number of aliphatic hydroxyl groups excluding tert-OH is 1. The van der Waals surface area contributed by atoms with Gasteiger partial charge in [0.2, 0.25) is 0 Å². The highest BCUT2D eigenvalue weighted by molar-refractivity contribution is 4.77. The first kappa shape index (κ1) is 8.48. The Morgan fingerprint density at radius 1 is 1.17 bits per heavy atom. The zero-order valence-electron chi connectivity index (χ0n) is 7.24. The highest BCUT2D eigenvalue weighted by atomic mass is 16.7. The molecule has 0 unspecified atom stereocenters. The van der Waals surface area contributed by atoms with Gasteiger partial charge in [-0.25, -0.2) is 0 Å². The van der Waals surface area contributed by atoms with Crippen LogP contribution in [0.3, 0.4) is 0 Å². The van der Waals surface area contributed by atoms with Crippen molar-refractivity contribution >= 4 is 0 Å². The number of rotatable bonds is 2. The number of hydrogen-bond acceptors (Lipinski definition) is 3. The molecular weight excluding hydrogens is 156 g/mol. The summed E-state index contributed by atoms with van der Waals surface area (Å²) in [5.41, 5.74) is 0. The summed E-state index contributed by atoms with van der Waals surface area (Å²) in [5.74, 6) is 0.410. The van der Waals surface area contributed by atoms with Gasteiger partial charge in [-0.05, 0) is 18.8 Å². The van der Waals surface area contributed by atoms with Crippen molar-refractivity contribution in [2.45, 2.75) is 38.1 Å². The summed E-state index contributed by atoms with van der Waals surface area (Å²) in [6.07, 6.45) is 3.96. The molecule has 0 amide bonds. The van der Waals surface area contributed by atoms with Gasteiger partial charge in [-0.2, -0.15) is 0 Å². The normalized spacial score (nSPS) is 37.8. The molecule has 1 N–H and O–H groups in total. The molecule has 0 spiro atoms. The number of ether oxygens (including phenoxy) is 2. The zero-order chi connectivity index (χ0) is 8.39. The van der Waals surface area contributed by atoms with Crippen molar-refractivity contribution in [1.82, 2.24) is 0 Å². The largest absolute Gasteiger partial charge is 0.393 e. The van der Waals surface area contributed by atoms with Gasteiger partial charge in [0.15, 0.2) is 6.29 Å². The Balaban J connectivity index is 1.77. The third kappa shape index (κ3) is 1.79. The van der Waals surface area contributed by atoms with Gasteiger partial charge in [0.05, 0.1) is 19.3 Å². The predicted molar refractivity (Wildman–Crippen MR) is 43.7 cm³/mol. The van der Waals surface area contributed by atoms with Crippen LogP contribution in [0.15, 0.2) is 0 Å². The molecule has 2 fully saturated rings. The summed E-state index contributed by atoms with van der Waals surface area (Å²) in [5, 5.41) is 9.54. The van der Waals surface area contributed by atoms with Crippen molar-refractivity contribution in [2.75, 3.05) is 13.2 Å². The van der Waals surface area contributed by atoms with Gasteiger partial charge in [-0.15, -0.1) is 0 Å². The smallest absolute Gasteiger partial charge is 0.158 e. The van der Waals surface area contributed by atoms with Crippen LogP contribution in [0, 0.1) is 5.92 Å². The van der Waals surface area contributed by atoms with Crippen LogP contribution >= 0.6 is 0 Å². The Kier molecular flexibility index (Phi) is 2.63. The second kappa shape index (κ2) is 3.73. The van der Waals surface area contributed by atoms with Crippen molar-refractivity contribution in [1.29, 1.82) is 0 Å². The minimum Gasteiger partial charge on any atom is -0.393 e. The maximum absolute atomic E-state index is 9.54. The van der Waals surface area contributed by atoms with Crippen molar-refractivity contribution in [3.63, 3.8) is 0 Å². The second-order valence-corrected chi connectivity index (χ2v) is 3.67. The Hall–Kier alpha value is -0.120. The van der Waals surface area contributed by atoms with Crippen molar-refractivity contribution in [2.24, 2.45) is 5.92 Å². The van der Waals surface area contributed by atoms with Crippen molar-refractivity contribution < 1.29 is 14.6 Å². The molecule has 1 heterocycles. The molecule has 2 atom stereocenters. The first-order valence-electron chi connectivity index (χ1n) is 4.77. The average Bonchev–Trinajstić information content (AvgIpc) is 2.65. The van der Waals surface area contributed by atoms with E-state index in [1.54, 1.807) is 0 Å². The molecule has 12 heavy (non-hydrogen) atoms. The predicted octanol–water partition coefficient (Wildman–Crippen LogP) is 0.910.